The Morgan fingerprint density at radius 2 is 1.96 bits per heavy atom. The summed E-state index contributed by atoms with van der Waals surface area (Å²) in [5.41, 5.74) is 1.01. The van der Waals surface area contributed by atoms with Gasteiger partial charge >= 0.3 is 5.97 Å². The van der Waals surface area contributed by atoms with Crippen molar-refractivity contribution in [3.05, 3.63) is 40.9 Å². The van der Waals surface area contributed by atoms with E-state index < -0.39 is 5.97 Å². The molecule has 144 valence electrons. The Kier molecular flexibility index (Phi) is 11.5. The van der Waals surface area contributed by atoms with Gasteiger partial charge in [-0.1, -0.05) is 24.6 Å². The number of nitrogens with zero attached hydrogens (tertiary/aromatic N) is 1. The molecule has 0 radical (unpaired) electrons. The quantitative estimate of drug-likeness (QED) is 0.308. The summed E-state index contributed by atoms with van der Waals surface area (Å²) in [5, 5.41) is 11.8. The van der Waals surface area contributed by atoms with Gasteiger partial charge in [-0.05, 0) is 45.4 Å². The van der Waals surface area contributed by atoms with E-state index in [0.717, 1.165) is 49.2 Å². The molecule has 1 rings (SSSR count). The number of carboxylic acid groups (broad SMARTS) is 1. The molecule has 1 aromatic rings. The Balaban J connectivity index is 2.42. The second kappa shape index (κ2) is 13.5. The molecule has 1 aromatic heterocycles. The van der Waals surface area contributed by atoms with Gasteiger partial charge in [-0.15, -0.1) is 17.9 Å². The molecule has 0 bridgehead atoms. The van der Waals surface area contributed by atoms with Crippen molar-refractivity contribution in [1.29, 1.82) is 0 Å². The Bertz CT molecular complexity index is 592. The number of Topliss-reactive ketones (excluding diaryl/α,β-unsaturated/α-hetero) is 1. The summed E-state index contributed by atoms with van der Waals surface area (Å²) in [7, 11) is 0. The molecular formula is C21H31NO3S. The zero-order valence-corrected chi connectivity index (χ0v) is 16.6. The van der Waals surface area contributed by atoms with Crippen LogP contribution in [0.15, 0.2) is 30.2 Å². The van der Waals surface area contributed by atoms with Gasteiger partial charge in [0.2, 0.25) is 0 Å². The van der Waals surface area contributed by atoms with Crippen LogP contribution < -0.4 is 0 Å². The zero-order valence-electron chi connectivity index (χ0n) is 15.8. The van der Waals surface area contributed by atoms with Gasteiger partial charge < -0.3 is 5.11 Å². The lowest BCUT2D eigenvalue weighted by Gasteiger charge is -2.14. The standard InChI is InChI=1S/C21H31NO3S/c1-3-4-5-6-7-8-9-10-12-18(20-16-26-17(2)22-20)15-19(23)13-11-14-21(24)25/h3,6-7,16,18H,1,4-5,8-15H2,2H3,(H,24,25). The topological polar surface area (TPSA) is 67.3 Å². The first-order valence-electron chi connectivity index (χ1n) is 9.44. The maximum Gasteiger partial charge on any atom is 0.303 e. The van der Waals surface area contributed by atoms with Crippen LogP contribution in [0.2, 0.25) is 0 Å². The average Bonchev–Trinajstić information content (AvgIpc) is 3.02. The fourth-order valence-electron chi connectivity index (χ4n) is 2.84. The summed E-state index contributed by atoms with van der Waals surface area (Å²) < 4.78 is 0. The van der Waals surface area contributed by atoms with Crippen LogP contribution in [0, 0.1) is 6.92 Å². The molecule has 4 nitrogen and oxygen atoms in total. The maximum absolute atomic E-state index is 12.2. The Labute approximate surface area is 161 Å². The average molecular weight is 378 g/mol. The van der Waals surface area contributed by atoms with Crippen molar-refractivity contribution in [2.24, 2.45) is 0 Å². The second-order valence-electron chi connectivity index (χ2n) is 6.60. The molecule has 1 unspecified atom stereocenters. The molecule has 0 aliphatic heterocycles. The summed E-state index contributed by atoms with van der Waals surface area (Å²) in [5.74, 6) is -0.543. The van der Waals surface area contributed by atoms with E-state index in [4.69, 9.17) is 5.11 Å². The van der Waals surface area contributed by atoms with Gasteiger partial charge in [0.25, 0.3) is 0 Å². The summed E-state index contributed by atoms with van der Waals surface area (Å²) in [4.78, 5) is 27.4. The fraction of sp³-hybridized carbons (Fsp3) is 0.571. The van der Waals surface area contributed by atoms with Gasteiger partial charge in [-0.25, -0.2) is 4.98 Å². The highest BCUT2D eigenvalue weighted by Gasteiger charge is 2.18. The number of carboxylic acids is 1. The second-order valence-corrected chi connectivity index (χ2v) is 7.66. The van der Waals surface area contributed by atoms with Crippen LogP contribution in [0.25, 0.3) is 0 Å². The molecule has 0 spiro atoms. The summed E-state index contributed by atoms with van der Waals surface area (Å²) in [6, 6.07) is 0. The molecule has 1 heterocycles. The number of allylic oxidation sites excluding steroid dienone is 3. The third-order valence-corrected chi connectivity index (χ3v) is 5.04. The lowest BCUT2D eigenvalue weighted by molar-refractivity contribution is -0.137. The molecule has 0 aliphatic carbocycles. The van der Waals surface area contributed by atoms with E-state index in [1.165, 1.54) is 0 Å². The minimum absolute atomic E-state index is 0.0599. The van der Waals surface area contributed by atoms with Gasteiger partial charge in [0.05, 0.1) is 10.7 Å². The molecular weight excluding hydrogens is 346 g/mol. The van der Waals surface area contributed by atoms with E-state index in [9.17, 15) is 9.59 Å². The molecule has 0 saturated carbocycles. The third kappa shape index (κ3) is 10.3. The highest BCUT2D eigenvalue weighted by Crippen LogP contribution is 2.28. The van der Waals surface area contributed by atoms with Crippen molar-refractivity contribution in [1.82, 2.24) is 4.98 Å². The van der Waals surface area contributed by atoms with Gasteiger partial charge in [-0.2, -0.15) is 0 Å². The number of aryl methyl sites for hydroxylation is 1. The van der Waals surface area contributed by atoms with Crippen molar-refractivity contribution < 1.29 is 14.7 Å². The Morgan fingerprint density at radius 1 is 1.19 bits per heavy atom. The van der Waals surface area contributed by atoms with E-state index in [0.29, 0.717) is 19.3 Å². The number of unbranched alkanes of at least 4 members (excludes halogenated alkanes) is 3. The molecule has 0 fully saturated rings. The highest BCUT2D eigenvalue weighted by molar-refractivity contribution is 7.09. The molecule has 0 saturated heterocycles. The van der Waals surface area contributed by atoms with E-state index in [1.54, 1.807) is 11.3 Å². The van der Waals surface area contributed by atoms with E-state index in [-0.39, 0.29) is 18.1 Å². The monoisotopic (exact) mass is 377 g/mol. The number of ketones is 1. The number of hydrogen-bond donors (Lipinski definition) is 1. The van der Waals surface area contributed by atoms with Gasteiger partial charge in [-0.3, -0.25) is 9.59 Å². The Morgan fingerprint density at radius 3 is 2.62 bits per heavy atom. The van der Waals surface area contributed by atoms with Gasteiger partial charge in [0.15, 0.2) is 0 Å². The number of thiazole rings is 1. The van der Waals surface area contributed by atoms with Crippen molar-refractivity contribution in [3.8, 4) is 0 Å². The number of aliphatic carboxylic acids is 1. The number of carbonyl (C=O) groups excluding carboxylic acids is 1. The van der Waals surface area contributed by atoms with E-state index in [2.05, 4.69) is 29.1 Å². The third-order valence-electron chi connectivity index (χ3n) is 4.25. The van der Waals surface area contributed by atoms with Crippen molar-refractivity contribution in [2.75, 3.05) is 0 Å². The first-order valence-corrected chi connectivity index (χ1v) is 10.3. The largest absolute Gasteiger partial charge is 0.481 e. The SMILES string of the molecule is C=CCCC=CCCCCC(CC(=O)CCCC(=O)O)c1csc(C)n1. The van der Waals surface area contributed by atoms with Gasteiger partial charge in [0, 0.05) is 30.6 Å². The lowest BCUT2D eigenvalue weighted by Crippen LogP contribution is -2.09. The summed E-state index contributed by atoms with van der Waals surface area (Å²) >= 11 is 1.62. The number of aromatic nitrogens is 1. The predicted octanol–water partition coefficient (Wildman–Crippen LogP) is 5.83. The predicted molar refractivity (Wildman–Crippen MR) is 108 cm³/mol. The van der Waals surface area contributed by atoms with Crippen LogP contribution >= 0.6 is 11.3 Å². The summed E-state index contributed by atoms with van der Waals surface area (Å²) in [6.07, 6.45) is 13.9. The normalized spacial score (nSPS) is 12.3. The highest BCUT2D eigenvalue weighted by atomic mass is 32.1. The number of carbonyl (C=O) groups is 2. The number of rotatable bonds is 15. The lowest BCUT2D eigenvalue weighted by atomic mass is 9.91. The molecule has 0 amide bonds. The van der Waals surface area contributed by atoms with Crippen LogP contribution in [-0.2, 0) is 9.59 Å². The molecule has 1 N–H and O–H groups in total. The van der Waals surface area contributed by atoms with Crippen LogP contribution in [-0.4, -0.2) is 21.8 Å². The van der Waals surface area contributed by atoms with Crippen LogP contribution in [0.4, 0.5) is 0 Å². The smallest absolute Gasteiger partial charge is 0.303 e. The molecule has 5 heteroatoms. The van der Waals surface area contributed by atoms with Crippen molar-refractivity contribution >= 4 is 23.1 Å². The molecule has 0 aromatic carbocycles. The first kappa shape index (κ1) is 22.3. The van der Waals surface area contributed by atoms with Crippen LogP contribution in [0.1, 0.15) is 80.8 Å². The molecule has 0 aliphatic rings. The fourth-order valence-corrected chi connectivity index (χ4v) is 3.53. The van der Waals surface area contributed by atoms with Gasteiger partial charge in [0.1, 0.15) is 5.78 Å². The van der Waals surface area contributed by atoms with E-state index >= 15 is 0 Å². The molecule has 26 heavy (non-hydrogen) atoms. The minimum Gasteiger partial charge on any atom is -0.481 e. The maximum atomic E-state index is 12.2. The van der Waals surface area contributed by atoms with Crippen LogP contribution in [0.3, 0.4) is 0 Å². The summed E-state index contributed by atoms with van der Waals surface area (Å²) in [6.45, 7) is 5.69. The Hall–Kier alpha value is -1.75. The molecule has 1 atom stereocenters. The van der Waals surface area contributed by atoms with Crippen LogP contribution in [0.5, 0.6) is 0 Å². The first-order chi connectivity index (χ1) is 12.5. The van der Waals surface area contributed by atoms with E-state index in [1.807, 2.05) is 13.0 Å². The van der Waals surface area contributed by atoms with Crippen molar-refractivity contribution in [3.63, 3.8) is 0 Å². The minimum atomic E-state index is -0.842. The van der Waals surface area contributed by atoms with Crippen molar-refractivity contribution in [2.45, 2.75) is 77.0 Å². The zero-order chi connectivity index (χ0) is 19.2. The number of hydrogen-bond acceptors (Lipinski definition) is 4.